The van der Waals surface area contributed by atoms with E-state index in [1.165, 1.54) is 12.1 Å². The van der Waals surface area contributed by atoms with E-state index in [0.717, 1.165) is 0 Å². The van der Waals surface area contributed by atoms with Gasteiger partial charge >= 0.3 is 0 Å². The fourth-order valence-electron chi connectivity index (χ4n) is 1.67. The molecular formula is C13H10BrNO3. The molecule has 0 aliphatic rings. The van der Waals surface area contributed by atoms with Crippen LogP contribution < -0.4 is 0 Å². The summed E-state index contributed by atoms with van der Waals surface area (Å²) in [5, 5.41) is 21.0. The Morgan fingerprint density at radius 1 is 1.17 bits per heavy atom. The molecule has 0 spiro atoms. The molecule has 0 amide bonds. The van der Waals surface area contributed by atoms with Crippen molar-refractivity contribution in [2.75, 3.05) is 0 Å². The summed E-state index contributed by atoms with van der Waals surface area (Å²) >= 11 is 3.29. The first-order valence-electron chi connectivity index (χ1n) is 5.26. The van der Waals surface area contributed by atoms with E-state index in [1.54, 1.807) is 18.2 Å². The van der Waals surface area contributed by atoms with Crippen LogP contribution in [0.25, 0.3) is 0 Å². The molecule has 2 aromatic rings. The van der Waals surface area contributed by atoms with Crippen LogP contribution >= 0.6 is 15.9 Å². The number of rotatable bonds is 3. The lowest BCUT2D eigenvalue weighted by Gasteiger charge is -2.12. The second-order valence-corrected chi connectivity index (χ2v) is 4.63. The summed E-state index contributed by atoms with van der Waals surface area (Å²) in [7, 11) is 0. The number of non-ortho nitro benzene ring substituents is 1. The molecule has 0 aromatic heterocycles. The first-order valence-corrected chi connectivity index (χ1v) is 6.06. The van der Waals surface area contributed by atoms with Crippen LogP contribution in [0.4, 0.5) is 5.69 Å². The average Bonchev–Trinajstić information content (AvgIpc) is 2.39. The first kappa shape index (κ1) is 12.7. The molecule has 18 heavy (non-hydrogen) atoms. The minimum Gasteiger partial charge on any atom is -0.384 e. The molecule has 1 atom stereocenters. The Bertz CT molecular complexity index is 572. The van der Waals surface area contributed by atoms with E-state index in [0.29, 0.717) is 15.6 Å². The van der Waals surface area contributed by atoms with Crippen LogP contribution in [0, 0.1) is 10.1 Å². The second-order valence-electron chi connectivity index (χ2n) is 3.78. The van der Waals surface area contributed by atoms with Gasteiger partial charge in [0.25, 0.3) is 5.69 Å². The van der Waals surface area contributed by atoms with Gasteiger partial charge in [-0.25, -0.2) is 0 Å². The molecule has 0 radical (unpaired) electrons. The summed E-state index contributed by atoms with van der Waals surface area (Å²) in [6.07, 6.45) is -0.888. The lowest BCUT2D eigenvalue weighted by Crippen LogP contribution is -2.01. The fourth-order valence-corrected chi connectivity index (χ4v) is 2.13. The highest BCUT2D eigenvalue weighted by atomic mass is 79.9. The summed E-state index contributed by atoms with van der Waals surface area (Å²) in [6.45, 7) is 0. The zero-order valence-electron chi connectivity index (χ0n) is 9.29. The first-order chi connectivity index (χ1) is 8.59. The molecule has 0 heterocycles. The molecule has 0 fully saturated rings. The van der Waals surface area contributed by atoms with Gasteiger partial charge in [0.15, 0.2) is 0 Å². The van der Waals surface area contributed by atoms with Crippen molar-refractivity contribution in [3.05, 3.63) is 74.2 Å². The SMILES string of the molecule is O=[N+]([O-])c1ccc(Br)c(C(O)c2ccccc2)c1. The summed E-state index contributed by atoms with van der Waals surface area (Å²) in [5.74, 6) is 0. The van der Waals surface area contributed by atoms with Gasteiger partial charge in [-0.05, 0) is 11.6 Å². The van der Waals surface area contributed by atoms with Crippen molar-refractivity contribution in [3.8, 4) is 0 Å². The van der Waals surface area contributed by atoms with Crippen molar-refractivity contribution >= 4 is 21.6 Å². The van der Waals surface area contributed by atoms with Gasteiger partial charge in [-0.3, -0.25) is 10.1 Å². The number of aliphatic hydroxyl groups excluding tert-OH is 1. The maximum Gasteiger partial charge on any atom is 0.269 e. The van der Waals surface area contributed by atoms with Gasteiger partial charge in [0.05, 0.1) is 4.92 Å². The van der Waals surface area contributed by atoms with Crippen molar-refractivity contribution in [2.24, 2.45) is 0 Å². The Morgan fingerprint density at radius 3 is 2.44 bits per heavy atom. The Balaban J connectivity index is 2.44. The number of nitro groups is 1. The number of hydrogen-bond donors (Lipinski definition) is 1. The number of halogens is 1. The van der Waals surface area contributed by atoms with Gasteiger partial charge in [-0.2, -0.15) is 0 Å². The minimum absolute atomic E-state index is 0.0387. The fraction of sp³-hybridized carbons (Fsp3) is 0.0769. The highest BCUT2D eigenvalue weighted by molar-refractivity contribution is 9.10. The molecule has 2 aromatic carbocycles. The van der Waals surface area contributed by atoms with Crippen molar-refractivity contribution in [3.63, 3.8) is 0 Å². The monoisotopic (exact) mass is 307 g/mol. The van der Waals surface area contributed by atoms with Gasteiger partial charge in [-0.1, -0.05) is 46.3 Å². The number of benzene rings is 2. The van der Waals surface area contributed by atoms with Crippen LogP contribution in [-0.2, 0) is 0 Å². The summed E-state index contributed by atoms with van der Waals surface area (Å²) in [6, 6.07) is 13.4. The topological polar surface area (TPSA) is 63.4 Å². The molecule has 0 saturated heterocycles. The third-order valence-corrected chi connectivity index (χ3v) is 3.32. The molecule has 0 aliphatic carbocycles. The predicted molar refractivity (Wildman–Crippen MR) is 71.3 cm³/mol. The molecule has 4 nitrogen and oxygen atoms in total. The van der Waals surface area contributed by atoms with Gasteiger partial charge in [-0.15, -0.1) is 0 Å². The van der Waals surface area contributed by atoms with E-state index in [9.17, 15) is 15.2 Å². The summed E-state index contributed by atoms with van der Waals surface area (Å²) in [4.78, 5) is 10.3. The molecule has 2 rings (SSSR count). The Hall–Kier alpha value is -1.72. The van der Waals surface area contributed by atoms with Crippen molar-refractivity contribution in [1.82, 2.24) is 0 Å². The van der Waals surface area contributed by atoms with Crippen molar-refractivity contribution in [1.29, 1.82) is 0 Å². The van der Waals surface area contributed by atoms with Gasteiger partial charge in [0.2, 0.25) is 0 Å². The third-order valence-electron chi connectivity index (χ3n) is 2.60. The standard InChI is InChI=1S/C13H10BrNO3/c14-12-7-6-10(15(17)18)8-11(12)13(16)9-4-2-1-3-5-9/h1-8,13,16H. The number of nitro benzene ring substituents is 1. The van der Waals surface area contributed by atoms with Crippen LogP contribution in [0.5, 0.6) is 0 Å². The predicted octanol–water partition coefficient (Wildman–Crippen LogP) is 3.44. The maximum atomic E-state index is 10.7. The van der Waals surface area contributed by atoms with Crippen LogP contribution in [0.15, 0.2) is 53.0 Å². The van der Waals surface area contributed by atoms with E-state index in [-0.39, 0.29) is 5.69 Å². The van der Waals surface area contributed by atoms with Gasteiger partial charge in [0, 0.05) is 22.2 Å². The van der Waals surface area contributed by atoms with Gasteiger partial charge < -0.3 is 5.11 Å². The van der Waals surface area contributed by atoms with E-state index in [1.807, 2.05) is 18.2 Å². The molecule has 5 heteroatoms. The largest absolute Gasteiger partial charge is 0.384 e. The van der Waals surface area contributed by atoms with E-state index in [4.69, 9.17) is 0 Å². The van der Waals surface area contributed by atoms with E-state index >= 15 is 0 Å². The second kappa shape index (κ2) is 5.29. The summed E-state index contributed by atoms with van der Waals surface area (Å²) in [5.41, 5.74) is 1.14. The number of aliphatic hydroxyl groups is 1. The third kappa shape index (κ3) is 2.57. The lowest BCUT2D eigenvalue weighted by molar-refractivity contribution is -0.385. The molecule has 0 aliphatic heterocycles. The van der Waals surface area contributed by atoms with Crippen LogP contribution in [0.2, 0.25) is 0 Å². The molecular weight excluding hydrogens is 298 g/mol. The van der Waals surface area contributed by atoms with Crippen LogP contribution in [0.1, 0.15) is 17.2 Å². The van der Waals surface area contributed by atoms with E-state index in [2.05, 4.69) is 15.9 Å². The quantitative estimate of drug-likeness (QED) is 0.698. The molecule has 1 unspecified atom stereocenters. The average molecular weight is 308 g/mol. The normalized spacial score (nSPS) is 12.1. The number of hydrogen-bond acceptors (Lipinski definition) is 3. The van der Waals surface area contributed by atoms with Gasteiger partial charge in [0.1, 0.15) is 6.10 Å². The maximum absolute atomic E-state index is 10.7. The van der Waals surface area contributed by atoms with Crippen molar-refractivity contribution < 1.29 is 10.0 Å². The zero-order chi connectivity index (χ0) is 13.1. The van der Waals surface area contributed by atoms with Crippen molar-refractivity contribution in [2.45, 2.75) is 6.10 Å². The highest BCUT2D eigenvalue weighted by Gasteiger charge is 2.17. The number of nitrogens with zero attached hydrogens (tertiary/aromatic N) is 1. The van der Waals surface area contributed by atoms with E-state index < -0.39 is 11.0 Å². The van der Waals surface area contributed by atoms with Crippen LogP contribution in [0.3, 0.4) is 0 Å². The smallest absolute Gasteiger partial charge is 0.269 e. The molecule has 0 bridgehead atoms. The minimum atomic E-state index is -0.888. The lowest BCUT2D eigenvalue weighted by atomic mass is 10.0. The zero-order valence-corrected chi connectivity index (χ0v) is 10.9. The Labute approximate surface area is 112 Å². The van der Waals surface area contributed by atoms with Crippen LogP contribution in [-0.4, -0.2) is 10.0 Å². The highest BCUT2D eigenvalue weighted by Crippen LogP contribution is 2.31. The molecule has 0 saturated carbocycles. The Kier molecular flexibility index (Phi) is 3.74. The summed E-state index contributed by atoms with van der Waals surface area (Å²) < 4.78 is 0.643. The molecule has 1 N–H and O–H groups in total. The molecule has 92 valence electrons. The Morgan fingerprint density at radius 2 is 1.83 bits per heavy atom.